The predicted molar refractivity (Wildman–Crippen MR) is 65.0 cm³/mol. The molecule has 1 N–H and O–H groups in total. The van der Waals surface area contributed by atoms with Crippen LogP contribution < -0.4 is 5.32 Å². The normalized spacial score (nSPS) is 38.1. The summed E-state index contributed by atoms with van der Waals surface area (Å²) in [6.45, 7) is 4.68. The van der Waals surface area contributed by atoms with Crippen LogP contribution in [0.2, 0.25) is 0 Å². The number of rotatable bonds is 0. The van der Waals surface area contributed by atoms with E-state index in [1.807, 2.05) is 0 Å². The van der Waals surface area contributed by atoms with Crippen LogP contribution in [0.4, 0.5) is 0 Å². The van der Waals surface area contributed by atoms with Gasteiger partial charge in [-0.1, -0.05) is 25.7 Å². The van der Waals surface area contributed by atoms with Gasteiger partial charge in [0.05, 0.1) is 0 Å². The fourth-order valence-corrected chi connectivity index (χ4v) is 4.16. The molecule has 0 aromatic rings. The molecular weight excluding hydrogens is 190 g/mol. The Morgan fingerprint density at radius 1 is 1.07 bits per heavy atom. The van der Waals surface area contributed by atoms with Crippen LogP contribution >= 0.6 is 11.8 Å². The molecule has 1 nitrogen and oxygen atoms in total. The monoisotopic (exact) mass is 213 g/mol. The quantitative estimate of drug-likeness (QED) is 0.663. The van der Waals surface area contributed by atoms with Crippen LogP contribution in [0.15, 0.2) is 0 Å². The van der Waals surface area contributed by atoms with Gasteiger partial charge in [-0.15, -0.1) is 0 Å². The molecule has 2 aliphatic rings. The zero-order chi connectivity index (χ0) is 10.0. The SMILES string of the molecule is CC1(C)CSC2CCCCCCC2N1. The fraction of sp³-hybridized carbons (Fsp3) is 1.00. The molecule has 0 bridgehead atoms. The molecule has 82 valence electrons. The summed E-state index contributed by atoms with van der Waals surface area (Å²) in [5.41, 5.74) is 0.366. The third-order valence-electron chi connectivity index (χ3n) is 3.44. The van der Waals surface area contributed by atoms with Gasteiger partial charge in [-0.2, -0.15) is 11.8 Å². The first-order valence-corrected chi connectivity index (χ1v) is 7.12. The molecule has 2 fully saturated rings. The molecule has 0 spiro atoms. The molecule has 2 unspecified atom stereocenters. The molecule has 0 amide bonds. The van der Waals surface area contributed by atoms with E-state index >= 15 is 0 Å². The molecule has 0 aromatic carbocycles. The maximum absolute atomic E-state index is 3.84. The van der Waals surface area contributed by atoms with Crippen LogP contribution in [-0.2, 0) is 0 Å². The summed E-state index contributed by atoms with van der Waals surface area (Å²) in [5, 5.41) is 4.75. The van der Waals surface area contributed by atoms with Crippen LogP contribution in [0.1, 0.15) is 52.4 Å². The summed E-state index contributed by atoms with van der Waals surface area (Å²) in [7, 11) is 0. The van der Waals surface area contributed by atoms with Gasteiger partial charge in [0, 0.05) is 22.6 Å². The van der Waals surface area contributed by atoms with Crippen molar-refractivity contribution in [3.63, 3.8) is 0 Å². The van der Waals surface area contributed by atoms with Crippen LogP contribution in [-0.4, -0.2) is 22.6 Å². The maximum Gasteiger partial charge on any atom is 0.0218 e. The Morgan fingerprint density at radius 3 is 2.57 bits per heavy atom. The number of hydrogen-bond acceptors (Lipinski definition) is 2. The minimum absolute atomic E-state index is 0.366. The van der Waals surface area contributed by atoms with Crippen LogP contribution in [0, 0.1) is 0 Å². The maximum atomic E-state index is 3.84. The molecule has 0 radical (unpaired) electrons. The second kappa shape index (κ2) is 4.44. The number of thioether (sulfide) groups is 1. The Balaban J connectivity index is 1.96. The Labute approximate surface area is 92.4 Å². The molecule has 0 aromatic heterocycles. The van der Waals surface area contributed by atoms with Crippen LogP contribution in [0.5, 0.6) is 0 Å². The largest absolute Gasteiger partial charge is 0.307 e. The summed E-state index contributed by atoms with van der Waals surface area (Å²) in [6.07, 6.45) is 8.66. The number of fused-ring (bicyclic) bond motifs is 1. The lowest BCUT2D eigenvalue weighted by molar-refractivity contribution is 0.304. The van der Waals surface area contributed by atoms with E-state index < -0.39 is 0 Å². The van der Waals surface area contributed by atoms with Gasteiger partial charge in [-0.05, 0) is 26.7 Å². The van der Waals surface area contributed by atoms with E-state index in [1.165, 1.54) is 44.3 Å². The summed E-state index contributed by atoms with van der Waals surface area (Å²) < 4.78 is 0. The van der Waals surface area contributed by atoms with Gasteiger partial charge in [-0.3, -0.25) is 0 Å². The Hall–Kier alpha value is 0.310. The van der Waals surface area contributed by atoms with Crippen molar-refractivity contribution >= 4 is 11.8 Å². The lowest BCUT2D eigenvalue weighted by Gasteiger charge is -2.43. The van der Waals surface area contributed by atoms with Crippen LogP contribution in [0.3, 0.4) is 0 Å². The third-order valence-corrected chi connectivity index (χ3v) is 5.32. The highest BCUT2D eigenvalue weighted by atomic mass is 32.2. The molecule has 1 heterocycles. The van der Waals surface area contributed by atoms with Gasteiger partial charge < -0.3 is 5.32 Å². The molecule has 1 aliphatic carbocycles. The van der Waals surface area contributed by atoms with E-state index in [2.05, 4.69) is 30.9 Å². The van der Waals surface area contributed by atoms with Crippen molar-refractivity contribution in [2.24, 2.45) is 0 Å². The second-order valence-corrected chi connectivity index (χ2v) is 6.70. The summed E-state index contributed by atoms with van der Waals surface area (Å²) in [6, 6.07) is 0.795. The van der Waals surface area contributed by atoms with Gasteiger partial charge in [0.15, 0.2) is 0 Å². The van der Waals surface area contributed by atoms with E-state index in [1.54, 1.807) is 0 Å². The summed E-state index contributed by atoms with van der Waals surface area (Å²) in [5.74, 6) is 1.29. The van der Waals surface area contributed by atoms with E-state index in [-0.39, 0.29) is 0 Å². The first-order valence-electron chi connectivity index (χ1n) is 6.07. The minimum Gasteiger partial charge on any atom is -0.307 e. The average Bonchev–Trinajstić information content (AvgIpc) is 2.07. The standard InChI is InChI=1S/C12H23NS/c1-12(2)9-14-11-8-6-4-3-5-7-10(11)13-12/h10-11,13H,3-9H2,1-2H3. The highest BCUT2D eigenvalue weighted by molar-refractivity contribution is 8.00. The fourth-order valence-electron chi connectivity index (χ4n) is 2.67. The molecule has 14 heavy (non-hydrogen) atoms. The van der Waals surface area contributed by atoms with Crippen LogP contribution in [0.25, 0.3) is 0 Å². The first-order chi connectivity index (χ1) is 6.67. The topological polar surface area (TPSA) is 12.0 Å². The van der Waals surface area contributed by atoms with Gasteiger partial charge in [0.1, 0.15) is 0 Å². The van der Waals surface area contributed by atoms with Crippen molar-refractivity contribution < 1.29 is 0 Å². The molecule has 2 rings (SSSR count). The van der Waals surface area contributed by atoms with E-state index in [0.717, 1.165) is 11.3 Å². The lowest BCUT2D eigenvalue weighted by Crippen LogP contribution is -2.56. The Bertz CT molecular complexity index is 191. The smallest absolute Gasteiger partial charge is 0.0218 e. The lowest BCUT2D eigenvalue weighted by atomic mass is 9.93. The number of hydrogen-bond donors (Lipinski definition) is 1. The molecule has 1 saturated carbocycles. The van der Waals surface area contributed by atoms with Crippen molar-refractivity contribution in [3.8, 4) is 0 Å². The second-order valence-electron chi connectivity index (χ2n) is 5.48. The van der Waals surface area contributed by atoms with Gasteiger partial charge in [-0.25, -0.2) is 0 Å². The van der Waals surface area contributed by atoms with Gasteiger partial charge >= 0.3 is 0 Å². The molecule has 1 saturated heterocycles. The first kappa shape index (κ1) is 10.8. The predicted octanol–water partition coefficient (Wildman–Crippen LogP) is 3.19. The number of nitrogens with one attached hydrogen (secondary N) is 1. The van der Waals surface area contributed by atoms with Crippen molar-refractivity contribution in [3.05, 3.63) is 0 Å². The zero-order valence-corrected chi connectivity index (χ0v) is 10.3. The van der Waals surface area contributed by atoms with Crippen molar-refractivity contribution in [1.29, 1.82) is 0 Å². The minimum atomic E-state index is 0.366. The van der Waals surface area contributed by atoms with E-state index in [4.69, 9.17) is 0 Å². The molecule has 1 aliphatic heterocycles. The highest BCUT2D eigenvalue weighted by Crippen LogP contribution is 2.34. The van der Waals surface area contributed by atoms with Crippen molar-refractivity contribution in [1.82, 2.24) is 5.32 Å². The van der Waals surface area contributed by atoms with Crippen molar-refractivity contribution in [2.75, 3.05) is 5.75 Å². The molecule has 2 atom stereocenters. The molecule has 2 heteroatoms. The van der Waals surface area contributed by atoms with E-state index in [0.29, 0.717) is 5.54 Å². The Kier molecular flexibility index (Phi) is 3.43. The van der Waals surface area contributed by atoms with E-state index in [9.17, 15) is 0 Å². The van der Waals surface area contributed by atoms with Crippen molar-refractivity contribution in [2.45, 2.75) is 69.2 Å². The van der Waals surface area contributed by atoms with Gasteiger partial charge in [0.25, 0.3) is 0 Å². The molecular formula is C12H23NS. The highest BCUT2D eigenvalue weighted by Gasteiger charge is 2.34. The average molecular weight is 213 g/mol. The zero-order valence-electron chi connectivity index (χ0n) is 9.51. The Morgan fingerprint density at radius 2 is 1.79 bits per heavy atom. The van der Waals surface area contributed by atoms with Gasteiger partial charge in [0.2, 0.25) is 0 Å². The summed E-state index contributed by atoms with van der Waals surface area (Å²) in [4.78, 5) is 0. The third kappa shape index (κ3) is 2.66. The summed E-state index contributed by atoms with van der Waals surface area (Å²) >= 11 is 2.21.